The third kappa shape index (κ3) is 9.59. The van der Waals surface area contributed by atoms with Gasteiger partial charge in [-0.3, -0.25) is 9.69 Å². The van der Waals surface area contributed by atoms with Gasteiger partial charge in [-0.25, -0.2) is 4.39 Å². The molecular weight excluding hydrogens is 726 g/mol. The number of carbonyl (C=O) groups excluding carboxylic acids is 1. The van der Waals surface area contributed by atoms with Crippen LogP contribution in [0.5, 0.6) is 11.5 Å². The number of amides is 1. The normalized spacial score (nSPS) is 27.2. The Hall–Kier alpha value is -3.77. The average Bonchev–Trinajstić information content (AvgIpc) is 4.13. The molecule has 2 heterocycles. The molecule has 1 amide bonds. The van der Waals surface area contributed by atoms with E-state index in [1.54, 1.807) is 18.2 Å². The van der Waals surface area contributed by atoms with Crippen molar-refractivity contribution in [2.45, 2.75) is 108 Å². The van der Waals surface area contributed by atoms with Gasteiger partial charge in [0, 0.05) is 63.2 Å². The summed E-state index contributed by atoms with van der Waals surface area (Å²) in [6.45, 7) is 14.3. The first kappa shape index (κ1) is 41.4. The number of rotatable bonds is 20. The number of unbranched alkanes of at least 4 members (excludes halogenated alkanes) is 2. The van der Waals surface area contributed by atoms with Crippen molar-refractivity contribution >= 4 is 11.6 Å². The van der Waals surface area contributed by atoms with Gasteiger partial charge in [0.15, 0.2) is 0 Å². The minimum Gasteiger partial charge on any atom is -0.492 e. The molecule has 0 aromatic heterocycles. The molecule has 6 unspecified atom stereocenters. The quantitative estimate of drug-likeness (QED) is 0.0619. The predicted octanol–water partition coefficient (Wildman–Crippen LogP) is 7.39. The van der Waals surface area contributed by atoms with Crippen molar-refractivity contribution < 1.29 is 38.4 Å². The van der Waals surface area contributed by atoms with Crippen molar-refractivity contribution in [3.8, 4) is 11.5 Å². The lowest BCUT2D eigenvalue weighted by Crippen LogP contribution is -2.70. The van der Waals surface area contributed by atoms with Crippen molar-refractivity contribution in [1.82, 2.24) is 9.80 Å². The van der Waals surface area contributed by atoms with Gasteiger partial charge in [0.1, 0.15) is 35.6 Å². The van der Waals surface area contributed by atoms with Gasteiger partial charge in [-0.1, -0.05) is 42.3 Å². The lowest BCUT2D eigenvalue weighted by atomic mass is 9.55. The SMILES string of the molecule is C=CCOC12Oc3ccc(OCCN4CC4)cc3C3C(CCCCO)C(CCCCO)C=C(C(=NOC(C)(C)C)CC1N(Cc1ccc(F)cc1)C(=O)C1CC1)C32. The predicted molar refractivity (Wildman–Crippen MR) is 217 cm³/mol. The van der Waals surface area contributed by atoms with Crippen molar-refractivity contribution in [2.24, 2.45) is 28.8 Å². The molecule has 3 aliphatic carbocycles. The Morgan fingerprint density at radius 3 is 2.47 bits per heavy atom. The molecule has 57 heavy (non-hydrogen) atoms. The highest BCUT2D eigenvalue weighted by atomic mass is 19.1. The molecule has 10 nitrogen and oxygen atoms in total. The van der Waals surface area contributed by atoms with E-state index in [0.717, 1.165) is 86.3 Å². The fraction of sp³-hybridized carbons (Fsp3) is 0.609. The lowest BCUT2D eigenvalue weighted by molar-refractivity contribution is -0.258. The van der Waals surface area contributed by atoms with Gasteiger partial charge < -0.3 is 34.2 Å². The Labute approximate surface area is 337 Å². The topological polar surface area (TPSA) is 113 Å². The fourth-order valence-electron chi connectivity index (χ4n) is 9.21. The maximum absolute atomic E-state index is 14.7. The number of benzene rings is 2. The van der Waals surface area contributed by atoms with E-state index in [9.17, 15) is 19.4 Å². The molecule has 0 spiro atoms. The van der Waals surface area contributed by atoms with Crippen LogP contribution in [-0.4, -0.2) is 95.1 Å². The second-order valence-corrected chi connectivity index (χ2v) is 17.5. The molecule has 2 aromatic carbocycles. The summed E-state index contributed by atoms with van der Waals surface area (Å²) in [5.41, 5.74) is 3.02. The van der Waals surface area contributed by atoms with Crippen LogP contribution in [-0.2, 0) is 20.9 Å². The molecule has 310 valence electrons. The van der Waals surface area contributed by atoms with E-state index in [2.05, 4.69) is 23.6 Å². The number of fused-ring (bicyclic) bond motifs is 2. The second-order valence-electron chi connectivity index (χ2n) is 17.5. The van der Waals surface area contributed by atoms with Crippen molar-refractivity contribution in [3.63, 3.8) is 0 Å². The lowest BCUT2D eigenvalue weighted by Gasteiger charge is -2.60. The third-order valence-corrected chi connectivity index (χ3v) is 12.1. The Morgan fingerprint density at radius 2 is 1.81 bits per heavy atom. The summed E-state index contributed by atoms with van der Waals surface area (Å²) < 4.78 is 35.1. The Kier molecular flexibility index (Phi) is 13.1. The molecule has 2 aromatic rings. The molecule has 2 N–H and O–H groups in total. The summed E-state index contributed by atoms with van der Waals surface area (Å²) in [5, 5.41) is 24.7. The Balaban J connectivity index is 1.43. The molecule has 1 saturated heterocycles. The van der Waals surface area contributed by atoms with Gasteiger partial charge in [-0.2, -0.15) is 0 Å². The number of ether oxygens (including phenoxy) is 3. The first-order chi connectivity index (χ1) is 27.5. The number of carbonyl (C=O) groups is 1. The standard InChI is InChI=1S/C46H62FN3O7/c1-5-25-55-46-41(50(44(53)32-14-15-32)30-31-12-16-34(47)17-13-31)29-39(48-57-45(2,3)4)37-27-33(10-6-8-23-51)36(11-7-9-24-52)42(43(37)46)38-28-35(18-19-40(38)56-46)54-26-22-49-20-21-49/h5,12-13,16-19,27-28,32-33,36,41-43,51-52H,1,6-11,14-15,20-26,29-30H2,2-4H3. The van der Waals surface area contributed by atoms with Crippen molar-refractivity contribution in [2.75, 3.05) is 46.1 Å². The summed E-state index contributed by atoms with van der Waals surface area (Å²) in [4.78, 5) is 25.2. The number of hydrogen-bond acceptors (Lipinski definition) is 9. The molecule has 0 radical (unpaired) electrons. The third-order valence-electron chi connectivity index (χ3n) is 12.1. The summed E-state index contributed by atoms with van der Waals surface area (Å²) in [6.07, 6.45) is 10.8. The van der Waals surface area contributed by atoms with Gasteiger partial charge >= 0.3 is 0 Å². The largest absolute Gasteiger partial charge is 0.492 e. The smallest absolute Gasteiger partial charge is 0.239 e. The highest BCUT2D eigenvalue weighted by Crippen LogP contribution is 2.62. The molecular formula is C46H62FN3O7. The molecule has 11 heteroatoms. The number of allylic oxidation sites excluding steroid dienone is 1. The molecule has 2 saturated carbocycles. The zero-order chi connectivity index (χ0) is 40.2. The monoisotopic (exact) mass is 787 g/mol. The van der Waals surface area contributed by atoms with Crippen LogP contribution >= 0.6 is 0 Å². The van der Waals surface area contributed by atoms with Crippen molar-refractivity contribution in [3.05, 3.63) is 83.7 Å². The van der Waals surface area contributed by atoms with Crippen LogP contribution in [0.2, 0.25) is 0 Å². The van der Waals surface area contributed by atoms with E-state index in [1.165, 1.54) is 12.1 Å². The summed E-state index contributed by atoms with van der Waals surface area (Å²) in [6, 6.07) is 11.8. The first-order valence-electron chi connectivity index (χ1n) is 21.2. The van der Waals surface area contributed by atoms with E-state index >= 15 is 0 Å². The van der Waals surface area contributed by atoms with Crippen LogP contribution in [0.1, 0.15) is 95.6 Å². The summed E-state index contributed by atoms with van der Waals surface area (Å²) in [5.74, 6) is -0.621. The van der Waals surface area contributed by atoms with E-state index in [-0.39, 0.29) is 61.8 Å². The van der Waals surface area contributed by atoms with Crippen LogP contribution in [0.25, 0.3) is 0 Å². The number of aliphatic hydroxyl groups excluding tert-OH is 2. The number of hydrogen-bond donors (Lipinski definition) is 2. The van der Waals surface area contributed by atoms with E-state index in [0.29, 0.717) is 31.6 Å². The molecule has 6 atom stereocenters. The molecule has 2 aliphatic heterocycles. The van der Waals surface area contributed by atoms with Gasteiger partial charge in [-0.05, 0) is 113 Å². The Bertz CT molecular complexity index is 1770. The van der Waals surface area contributed by atoms with Crippen LogP contribution in [0.3, 0.4) is 0 Å². The minimum absolute atomic E-state index is 0.0210. The van der Waals surface area contributed by atoms with E-state index in [4.69, 9.17) is 24.2 Å². The van der Waals surface area contributed by atoms with E-state index < -0.39 is 23.3 Å². The zero-order valence-electron chi connectivity index (χ0n) is 34.0. The van der Waals surface area contributed by atoms with Crippen LogP contribution in [0.15, 0.2) is 71.9 Å². The maximum Gasteiger partial charge on any atom is 0.239 e. The van der Waals surface area contributed by atoms with Gasteiger partial charge in [0.25, 0.3) is 0 Å². The average molecular weight is 788 g/mol. The van der Waals surface area contributed by atoms with Gasteiger partial charge in [0.05, 0.1) is 18.2 Å². The molecule has 0 bridgehead atoms. The van der Waals surface area contributed by atoms with Crippen LogP contribution in [0.4, 0.5) is 4.39 Å². The maximum atomic E-state index is 14.7. The number of aliphatic hydroxyl groups is 2. The summed E-state index contributed by atoms with van der Waals surface area (Å²) in [7, 11) is 0. The first-order valence-corrected chi connectivity index (χ1v) is 21.2. The van der Waals surface area contributed by atoms with Crippen LogP contribution in [0, 0.1) is 29.5 Å². The van der Waals surface area contributed by atoms with Crippen molar-refractivity contribution in [1.29, 1.82) is 0 Å². The van der Waals surface area contributed by atoms with Gasteiger partial charge in [-0.15, -0.1) is 6.58 Å². The second kappa shape index (κ2) is 18.0. The Morgan fingerprint density at radius 1 is 1.07 bits per heavy atom. The highest BCUT2D eigenvalue weighted by molar-refractivity contribution is 6.03. The van der Waals surface area contributed by atoms with Gasteiger partial charge in [0.2, 0.25) is 11.7 Å². The minimum atomic E-state index is -1.35. The zero-order valence-corrected chi connectivity index (χ0v) is 34.0. The summed E-state index contributed by atoms with van der Waals surface area (Å²) >= 11 is 0. The molecule has 5 aliphatic rings. The molecule has 7 rings (SSSR count). The number of halogens is 1. The van der Waals surface area contributed by atoms with E-state index in [1.807, 2.05) is 37.8 Å². The number of oxime groups is 1. The van der Waals surface area contributed by atoms with Crippen LogP contribution < -0.4 is 9.47 Å². The highest BCUT2D eigenvalue weighted by Gasteiger charge is 2.66. The fourth-order valence-corrected chi connectivity index (χ4v) is 9.21. The molecule has 3 fully saturated rings. The number of nitrogens with zero attached hydrogens (tertiary/aromatic N) is 3.